The first-order valence-electron chi connectivity index (χ1n) is 13.1. The van der Waals surface area contributed by atoms with E-state index in [0.717, 1.165) is 29.2 Å². The van der Waals surface area contributed by atoms with Crippen LogP contribution in [0, 0.1) is 0 Å². The number of rotatable bonds is 5. The van der Waals surface area contributed by atoms with Gasteiger partial charge in [-0.05, 0) is 61.6 Å². The van der Waals surface area contributed by atoms with Gasteiger partial charge in [-0.1, -0.05) is 54.6 Å². The number of alkyl halides is 3. The number of nitrogens with one attached hydrogen (secondary N) is 1. The van der Waals surface area contributed by atoms with Crippen LogP contribution >= 0.6 is 0 Å². The van der Waals surface area contributed by atoms with Crippen molar-refractivity contribution in [3.8, 4) is 0 Å². The first-order chi connectivity index (χ1) is 18.7. The smallest absolute Gasteiger partial charge is 0.372 e. The van der Waals surface area contributed by atoms with Crippen molar-refractivity contribution < 1.29 is 22.8 Å². The van der Waals surface area contributed by atoms with Crippen LogP contribution in [0.3, 0.4) is 0 Å². The van der Waals surface area contributed by atoms with Gasteiger partial charge in [0.05, 0.1) is 17.4 Å². The number of halogens is 3. The minimum Gasteiger partial charge on any atom is -0.372 e. The first kappa shape index (κ1) is 26.5. The molecule has 1 aliphatic carbocycles. The number of Topliss-reactive ketones (excluding diaryl/α,β-unsaturated/α-hetero) is 1. The van der Waals surface area contributed by atoms with Crippen LogP contribution in [-0.2, 0) is 9.59 Å². The van der Waals surface area contributed by atoms with E-state index in [1.54, 1.807) is 48.5 Å². The lowest BCUT2D eigenvalue weighted by molar-refractivity contribution is -0.170. The summed E-state index contributed by atoms with van der Waals surface area (Å²) in [5.41, 5.74) is 3.70. The molecule has 1 N–H and O–H groups in total. The van der Waals surface area contributed by atoms with Gasteiger partial charge in [0.25, 0.3) is 0 Å². The van der Waals surface area contributed by atoms with Gasteiger partial charge >= 0.3 is 12.1 Å². The van der Waals surface area contributed by atoms with Crippen LogP contribution in [-0.4, -0.2) is 31.0 Å². The Morgan fingerprint density at radius 3 is 2.18 bits per heavy atom. The number of fused-ring (bicyclic) bond motifs is 1. The highest BCUT2D eigenvalue weighted by molar-refractivity contribution is 6.07. The van der Waals surface area contributed by atoms with E-state index < -0.39 is 18.1 Å². The lowest BCUT2D eigenvalue weighted by Gasteiger charge is -2.35. The highest BCUT2D eigenvalue weighted by atomic mass is 19.4. The Morgan fingerprint density at radius 1 is 0.897 bits per heavy atom. The second kappa shape index (κ2) is 10.6. The molecule has 0 unspecified atom stereocenters. The zero-order chi connectivity index (χ0) is 27.7. The van der Waals surface area contributed by atoms with Gasteiger partial charge in [0.2, 0.25) is 0 Å². The summed E-state index contributed by atoms with van der Waals surface area (Å²) in [5.74, 6) is -2.44. The second-order valence-corrected chi connectivity index (χ2v) is 9.81. The summed E-state index contributed by atoms with van der Waals surface area (Å²) < 4.78 is 41.9. The van der Waals surface area contributed by atoms with E-state index in [-0.39, 0.29) is 29.4 Å². The van der Waals surface area contributed by atoms with Crippen LogP contribution in [0.4, 0.5) is 30.2 Å². The molecular formula is C31H30F3N3O2. The van der Waals surface area contributed by atoms with E-state index in [1.807, 2.05) is 24.3 Å². The normalized spacial score (nSPS) is 19.1. The summed E-state index contributed by atoms with van der Waals surface area (Å²) in [4.78, 5) is 29.8. The SMILES string of the molecule is CCN(CC)c1ccc([C@@H]2CC(=O)C3=C(C2)Nc2ccccc2N(C(=O)C(F)(F)F)[C@@H]3c2ccccc2)cc1. The Kier molecular flexibility index (Phi) is 7.21. The molecule has 1 heterocycles. The Morgan fingerprint density at radius 2 is 1.54 bits per heavy atom. The molecule has 3 aromatic carbocycles. The van der Waals surface area contributed by atoms with E-state index >= 15 is 0 Å². The predicted molar refractivity (Wildman–Crippen MR) is 147 cm³/mol. The molecule has 2 atom stereocenters. The van der Waals surface area contributed by atoms with Gasteiger partial charge in [-0.2, -0.15) is 13.2 Å². The van der Waals surface area contributed by atoms with Crippen LogP contribution in [0.15, 0.2) is 90.1 Å². The number of hydrogen-bond acceptors (Lipinski definition) is 4. The number of allylic oxidation sites excluding steroid dienone is 1. The minimum atomic E-state index is -5.13. The average Bonchev–Trinajstić information content (AvgIpc) is 3.08. The number of hydrogen-bond donors (Lipinski definition) is 1. The summed E-state index contributed by atoms with van der Waals surface area (Å²) in [6.07, 6.45) is -4.56. The topological polar surface area (TPSA) is 52.7 Å². The fourth-order valence-electron chi connectivity index (χ4n) is 5.68. The molecule has 2 aliphatic rings. The number of amides is 1. The molecule has 0 aromatic heterocycles. The van der Waals surface area contributed by atoms with Gasteiger partial charge in [0, 0.05) is 36.5 Å². The van der Waals surface area contributed by atoms with E-state index in [9.17, 15) is 22.8 Å². The molecule has 202 valence electrons. The maximum Gasteiger partial charge on any atom is 0.471 e. The molecule has 1 aliphatic heterocycles. The van der Waals surface area contributed by atoms with Gasteiger partial charge < -0.3 is 10.2 Å². The third-order valence-electron chi connectivity index (χ3n) is 7.56. The Bertz CT molecular complexity index is 1400. The van der Waals surface area contributed by atoms with Crippen LogP contribution in [0.2, 0.25) is 0 Å². The van der Waals surface area contributed by atoms with Crippen molar-refractivity contribution >= 4 is 28.8 Å². The number of benzene rings is 3. The van der Waals surface area contributed by atoms with Crippen molar-refractivity contribution in [2.45, 2.75) is 44.8 Å². The summed E-state index contributed by atoms with van der Waals surface area (Å²) in [5, 5.41) is 3.26. The van der Waals surface area contributed by atoms with Crippen molar-refractivity contribution in [2.75, 3.05) is 28.2 Å². The predicted octanol–water partition coefficient (Wildman–Crippen LogP) is 7.00. The highest BCUT2D eigenvalue weighted by Crippen LogP contribution is 2.48. The molecule has 8 heteroatoms. The van der Waals surface area contributed by atoms with Crippen molar-refractivity contribution in [3.05, 3.63) is 101 Å². The summed E-state index contributed by atoms with van der Waals surface area (Å²) in [6.45, 7) is 5.95. The molecular weight excluding hydrogens is 503 g/mol. The summed E-state index contributed by atoms with van der Waals surface area (Å²) >= 11 is 0. The maximum atomic E-state index is 14.0. The third kappa shape index (κ3) is 5.03. The fourth-order valence-corrected chi connectivity index (χ4v) is 5.68. The molecule has 3 aromatic rings. The Labute approximate surface area is 225 Å². The Balaban J connectivity index is 1.63. The van der Waals surface area contributed by atoms with Crippen LogP contribution in [0.5, 0.6) is 0 Å². The lowest BCUT2D eigenvalue weighted by atomic mass is 9.78. The van der Waals surface area contributed by atoms with Gasteiger partial charge in [0.15, 0.2) is 5.78 Å². The van der Waals surface area contributed by atoms with E-state index in [4.69, 9.17) is 0 Å². The highest BCUT2D eigenvalue weighted by Gasteiger charge is 2.49. The zero-order valence-electron chi connectivity index (χ0n) is 21.8. The van der Waals surface area contributed by atoms with Crippen molar-refractivity contribution in [1.82, 2.24) is 0 Å². The summed E-state index contributed by atoms with van der Waals surface area (Å²) in [7, 11) is 0. The number of nitrogens with zero attached hydrogens (tertiary/aromatic N) is 2. The summed E-state index contributed by atoms with van der Waals surface area (Å²) in [6, 6.07) is 21.8. The third-order valence-corrected chi connectivity index (χ3v) is 7.56. The molecule has 1 amide bonds. The van der Waals surface area contributed by atoms with E-state index in [2.05, 4.69) is 24.1 Å². The van der Waals surface area contributed by atoms with Crippen molar-refractivity contribution in [2.24, 2.45) is 0 Å². The molecule has 0 bridgehead atoms. The Hall–Kier alpha value is -4.07. The van der Waals surface area contributed by atoms with Gasteiger partial charge in [-0.25, -0.2) is 0 Å². The van der Waals surface area contributed by atoms with Gasteiger partial charge in [0.1, 0.15) is 0 Å². The van der Waals surface area contributed by atoms with E-state index in [1.165, 1.54) is 6.07 Å². The molecule has 0 saturated carbocycles. The molecule has 0 spiro atoms. The first-order valence-corrected chi connectivity index (χ1v) is 13.1. The van der Waals surface area contributed by atoms with Crippen LogP contribution in [0.25, 0.3) is 0 Å². The van der Waals surface area contributed by atoms with Gasteiger partial charge in [-0.15, -0.1) is 0 Å². The molecule has 0 saturated heterocycles. The van der Waals surface area contributed by atoms with E-state index in [0.29, 0.717) is 23.4 Å². The number of carbonyl (C=O) groups excluding carboxylic acids is 2. The lowest BCUT2D eigenvalue weighted by Crippen LogP contribution is -2.45. The molecule has 0 radical (unpaired) electrons. The van der Waals surface area contributed by atoms with Crippen LogP contribution in [0.1, 0.15) is 49.8 Å². The van der Waals surface area contributed by atoms with Gasteiger partial charge in [-0.3, -0.25) is 14.5 Å². The van der Waals surface area contributed by atoms with Crippen molar-refractivity contribution in [1.29, 1.82) is 0 Å². The van der Waals surface area contributed by atoms with Crippen LogP contribution < -0.4 is 15.1 Å². The monoisotopic (exact) mass is 533 g/mol. The zero-order valence-corrected chi connectivity index (χ0v) is 21.8. The largest absolute Gasteiger partial charge is 0.471 e. The quantitative estimate of drug-likeness (QED) is 0.384. The maximum absolute atomic E-state index is 14.0. The fraction of sp³-hybridized carbons (Fsp3) is 0.290. The average molecular weight is 534 g/mol. The number of carbonyl (C=O) groups is 2. The molecule has 5 nitrogen and oxygen atoms in total. The number of para-hydroxylation sites is 2. The minimum absolute atomic E-state index is 0.0796. The van der Waals surface area contributed by atoms with Crippen molar-refractivity contribution in [3.63, 3.8) is 0 Å². The standard InChI is InChI=1S/C31H30F3N3O2/c1-3-36(4-2)23-16-14-20(15-17-23)22-18-25-28(27(38)19-22)29(21-10-6-5-7-11-21)37(30(39)31(32,33)34)26-13-9-8-12-24(26)35-25/h5-17,22,29,35H,3-4,18-19H2,1-2H3/t22-,29+/m0/s1. The number of ketones is 1. The second-order valence-electron chi connectivity index (χ2n) is 9.81. The molecule has 39 heavy (non-hydrogen) atoms. The molecule has 0 fully saturated rings. The molecule has 5 rings (SSSR count). The number of anilines is 3.